The van der Waals surface area contributed by atoms with Crippen molar-refractivity contribution in [2.24, 2.45) is 16.5 Å². The molecule has 0 aromatic heterocycles. The van der Waals surface area contributed by atoms with Gasteiger partial charge in [-0.2, -0.15) is 0 Å². The van der Waals surface area contributed by atoms with Crippen LogP contribution in [0.2, 0.25) is 0 Å². The normalized spacial score (nSPS) is 12.1. The van der Waals surface area contributed by atoms with Crippen LogP contribution in [0.4, 0.5) is 0 Å². The fourth-order valence-corrected chi connectivity index (χ4v) is 2.66. The van der Waals surface area contributed by atoms with Gasteiger partial charge in [-0.25, -0.2) is 0 Å². The van der Waals surface area contributed by atoms with Crippen LogP contribution in [0.3, 0.4) is 0 Å². The smallest absolute Gasteiger partial charge is 0.185 e. The van der Waals surface area contributed by atoms with Crippen molar-refractivity contribution in [3.8, 4) is 0 Å². The number of hydrogen-bond acceptors (Lipinski definition) is 3. The highest BCUT2D eigenvalue weighted by Gasteiger charge is 2.16. The maximum atomic E-state index is 6.27. The van der Waals surface area contributed by atoms with Crippen molar-refractivity contribution in [3.63, 3.8) is 0 Å². The van der Waals surface area contributed by atoms with Crippen molar-refractivity contribution < 1.29 is 4.74 Å². The van der Waals surface area contributed by atoms with Crippen molar-refractivity contribution in [2.75, 3.05) is 33.3 Å². The molecule has 0 saturated carbocycles. The molecule has 2 rings (SSSR count). The quantitative estimate of drug-likeness (QED) is 0.542. The molecule has 25 heavy (non-hydrogen) atoms. The van der Waals surface area contributed by atoms with Crippen molar-refractivity contribution in [1.82, 2.24) is 4.90 Å². The maximum Gasteiger partial charge on any atom is 0.185 e. The molecule has 0 fully saturated rings. The fourth-order valence-electron chi connectivity index (χ4n) is 2.66. The van der Waals surface area contributed by atoms with E-state index in [4.69, 9.17) is 16.2 Å². The lowest BCUT2D eigenvalue weighted by Gasteiger charge is -2.23. The predicted octanol–water partition coefficient (Wildman–Crippen LogP) is 2.31. The molecule has 134 valence electrons. The summed E-state index contributed by atoms with van der Waals surface area (Å²) in [5.41, 5.74) is 14.3. The van der Waals surface area contributed by atoms with Crippen LogP contribution in [0.5, 0.6) is 0 Å². The topological polar surface area (TPSA) is 76.9 Å². The molecule has 0 spiro atoms. The molecule has 1 atom stereocenters. The third-order valence-corrected chi connectivity index (χ3v) is 4.11. The molecule has 4 N–H and O–H groups in total. The standard InChI is InChI=1S/C20H28N4O/c1-16-8-6-7-11-18(16)19(17-9-4-3-5-10-17)25-15-14-24(2)13-12-23-20(21)22/h3-11,19H,12-15H2,1-2H3,(H4,21,22,23). The highest BCUT2D eigenvalue weighted by atomic mass is 16.5. The number of nitrogens with two attached hydrogens (primary N) is 2. The molecule has 0 amide bonds. The first kappa shape index (κ1) is 19.0. The third kappa shape index (κ3) is 6.21. The molecule has 5 heteroatoms. The Balaban J connectivity index is 1.98. The summed E-state index contributed by atoms with van der Waals surface area (Å²) in [7, 11) is 2.04. The van der Waals surface area contributed by atoms with Crippen LogP contribution < -0.4 is 11.5 Å². The maximum absolute atomic E-state index is 6.27. The minimum Gasteiger partial charge on any atom is -0.370 e. The number of nitrogens with zero attached hydrogens (tertiary/aromatic N) is 2. The number of benzene rings is 2. The highest BCUT2D eigenvalue weighted by molar-refractivity contribution is 5.75. The SMILES string of the molecule is Cc1ccccc1C(OCCN(C)CCN=C(N)N)c1ccccc1. The number of hydrogen-bond donors (Lipinski definition) is 2. The average molecular weight is 340 g/mol. The molecular formula is C20H28N4O. The summed E-state index contributed by atoms with van der Waals surface area (Å²) in [5, 5.41) is 0. The monoisotopic (exact) mass is 340 g/mol. The number of aryl methyl sites for hydroxylation is 1. The highest BCUT2D eigenvalue weighted by Crippen LogP contribution is 2.28. The van der Waals surface area contributed by atoms with E-state index in [9.17, 15) is 0 Å². The van der Waals surface area contributed by atoms with E-state index in [0.717, 1.165) is 13.1 Å². The van der Waals surface area contributed by atoms with Gasteiger partial charge in [0.1, 0.15) is 6.10 Å². The molecule has 2 aromatic carbocycles. The van der Waals surface area contributed by atoms with Crippen LogP contribution in [0.1, 0.15) is 22.8 Å². The first-order chi connectivity index (χ1) is 12.1. The van der Waals surface area contributed by atoms with E-state index in [0.29, 0.717) is 13.2 Å². The first-order valence-corrected chi connectivity index (χ1v) is 8.54. The Bertz CT molecular complexity index is 668. The molecule has 1 unspecified atom stereocenters. The van der Waals surface area contributed by atoms with Gasteiger partial charge in [-0.3, -0.25) is 4.99 Å². The van der Waals surface area contributed by atoms with Gasteiger partial charge < -0.3 is 21.1 Å². The van der Waals surface area contributed by atoms with Crippen LogP contribution in [-0.4, -0.2) is 44.1 Å². The lowest BCUT2D eigenvalue weighted by atomic mass is 9.97. The lowest BCUT2D eigenvalue weighted by Crippen LogP contribution is -2.29. The number of guanidine groups is 1. The second-order valence-electron chi connectivity index (χ2n) is 6.13. The van der Waals surface area contributed by atoms with Crippen molar-refractivity contribution in [1.29, 1.82) is 0 Å². The Morgan fingerprint density at radius 2 is 1.72 bits per heavy atom. The fraction of sp³-hybridized carbons (Fsp3) is 0.350. The van der Waals surface area contributed by atoms with Gasteiger partial charge in [0.05, 0.1) is 13.2 Å². The second kappa shape index (κ2) is 9.81. The van der Waals surface area contributed by atoms with Gasteiger partial charge in [-0.15, -0.1) is 0 Å². The summed E-state index contributed by atoms with van der Waals surface area (Å²) < 4.78 is 6.27. The Hall–Kier alpha value is -2.37. The zero-order valence-corrected chi connectivity index (χ0v) is 15.1. The van der Waals surface area contributed by atoms with E-state index in [1.165, 1.54) is 16.7 Å². The third-order valence-electron chi connectivity index (χ3n) is 4.11. The summed E-state index contributed by atoms with van der Waals surface area (Å²) in [4.78, 5) is 6.16. The summed E-state index contributed by atoms with van der Waals surface area (Å²) in [5.74, 6) is 0.133. The molecule has 0 aliphatic heterocycles. The molecule has 0 radical (unpaired) electrons. The molecule has 0 aliphatic rings. The van der Waals surface area contributed by atoms with Gasteiger partial charge in [-0.05, 0) is 30.7 Å². The zero-order chi connectivity index (χ0) is 18.1. The number of ether oxygens (including phenoxy) is 1. The van der Waals surface area contributed by atoms with Gasteiger partial charge in [-0.1, -0.05) is 54.6 Å². The van der Waals surface area contributed by atoms with E-state index < -0.39 is 0 Å². The number of aliphatic imine (C=N–C) groups is 1. The summed E-state index contributed by atoms with van der Waals surface area (Å²) in [6.07, 6.45) is -0.0616. The largest absolute Gasteiger partial charge is 0.370 e. The molecule has 5 nitrogen and oxygen atoms in total. The van der Waals surface area contributed by atoms with Crippen molar-refractivity contribution in [2.45, 2.75) is 13.0 Å². The second-order valence-corrected chi connectivity index (χ2v) is 6.13. The van der Waals surface area contributed by atoms with Crippen molar-refractivity contribution >= 4 is 5.96 Å². The van der Waals surface area contributed by atoms with E-state index in [1.54, 1.807) is 0 Å². The van der Waals surface area contributed by atoms with Crippen molar-refractivity contribution in [3.05, 3.63) is 71.3 Å². The Morgan fingerprint density at radius 3 is 2.40 bits per heavy atom. The van der Waals surface area contributed by atoms with Gasteiger partial charge >= 0.3 is 0 Å². The van der Waals surface area contributed by atoms with Crippen LogP contribution in [0.25, 0.3) is 0 Å². The molecule has 0 aliphatic carbocycles. The number of likely N-dealkylation sites (N-methyl/N-ethyl adjacent to an activating group) is 1. The van der Waals surface area contributed by atoms with Gasteiger partial charge in [0, 0.05) is 13.1 Å². The van der Waals surface area contributed by atoms with Gasteiger partial charge in [0.15, 0.2) is 5.96 Å². The Labute approximate surface area is 150 Å². The summed E-state index contributed by atoms with van der Waals surface area (Å²) >= 11 is 0. The summed E-state index contributed by atoms with van der Waals surface area (Å²) in [6.45, 7) is 4.96. The molecule has 0 heterocycles. The van der Waals surface area contributed by atoms with Crippen LogP contribution >= 0.6 is 0 Å². The first-order valence-electron chi connectivity index (χ1n) is 8.54. The summed E-state index contributed by atoms with van der Waals surface area (Å²) in [6, 6.07) is 18.7. The Kier molecular flexibility index (Phi) is 7.44. The lowest BCUT2D eigenvalue weighted by molar-refractivity contribution is 0.0649. The van der Waals surface area contributed by atoms with E-state index in [1.807, 2.05) is 25.2 Å². The molecule has 0 bridgehead atoms. The minimum absolute atomic E-state index is 0.0616. The minimum atomic E-state index is -0.0616. The van der Waals surface area contributed by atoms with Gasteiger partial charge in [0.25, 0.3) is 0 Å². The van der Waals surface area contributed by atoms with Crippen LogP contribution in [0, 0.1) is 6.92 Å². The van der Waals surface area contributed by atoms with E-state index in [-0.39, 0.29) is 12.1 Å². The average Bonchev–Trinajstić information content (AvgIpc) is 2.60. The predicted molar refractivity (Wildman–Crippen MR) is 104 cm³/mol. The zero-order valence-electron chi connectivity index (χ0n) is 15.1. The Morgan fingerprint density at radius 1 is 1.04 bits per heavy atom. The van der Waals surface area contributed by atoms with Crippen LogP contribution in [-0.2, 0) is 4.74 Å². The van der Waals surface area contributed by atoms with E-state index >= 15 is 0 Å². The van der Waals surface area contributed by atoms with Gasteiger partial charge in [0.2, 0.25) is 0 Å². The molecule has 0 saturated heterocycles. The molecular weight excluding hydrogens is 312 g/mol. The number of rotatable bonds is 9. The molecule has 2 aromatic rings. The van der Waals surface area contributed by atoms with E-state index in [2.05, 4.69) is 53.2 Å². The van der Waals surface area contributed by atoms with Crippen LogP contribution in [0.15, 0.2) is 59.6 Å².